The van der Waals surface area contributed by atoms with Gasteiger partial charge in [-0.2, -0.15) is 11.8 Å². The van der Waals surface area contributed by atoms with E-state index >= 15 is 0 Å². The van der Waals surface area contributed by atoms with Gasteiger partial charge in [0.05, 0.1) is 5.69 Å². The van der Waals surface area contributed by atoms with Gasteiger partial charge in [0, 0.05) is 11.9 Å². The molecular formula is C19H33NS. The number of unbranched alkanes of at least 4 members (excludes halogenated alkanes) is 9. The van der Waals surface area contributed by atoms with Crippen LogP contribution in [0.2, 0.25) is 0 Å². The second kappa shape index (κ2) is 13.2. The molecule has 0 unspecified atom stereocenters. The minimum atomic E-state index is 1.07. The van der Waals surface area contributed by atoms with Crippen molar-refractivity contribution in [2.24, 2.45) is 0 Å². The van der Waals surface area contributed by atoms with Crippen LogP contribution in [0, 0.1) is 6.92 Å². The highest BCUT2D eigenvalue weighted by Gasteiger charge is 1.96. The van der Waals surface area contributed by atoms with Crippen LogP contribution in [0.1, 0.15) is 82.4 Å². The molecule has 0 aromatic carbocycles. The average molecular weight is 308 g/mol. The van der Waals surface area contributed by atoms with Gasteiger partial charge in [-0.05, 0) is 36.8 Å². The Hall–Kier alpha value is -0.500. The number of thioether (sulfide) groups is 1. The van der Waals surface area contributed by atoms with E-state index in [1.165, 1.54) is 81.2 Å². The quantitative estimate of drug-likeness (QED) is 0.383. The smallest absolute Gasteiger partial charge is 0.0505 e. The molecule has 21 heavy (non-hydrogen) atoms. The van der Waals surface area contributed by atoms with Crippen molar-refractivity contribution in [2.75, 3.05) is 5.75 Å². The number of pyridine rings is 1. The van der Waals surface area contributed by atoms with Gasteiger partial charge in [-0.15, -0.1) is 0 Å². The maximum absolute atomic E-state index is 4.41. The summed E-state index contributed by atoms with van der Waals surface area (Å²) in [6, 6.07) is 4.27. The standard InChI is InChI=1S/C19H33NS/c1-3-4-5-6-7-8-9-10-11-12-15-21-17-19-16-18(2)13-14-20-19/h13-14,16H,3-12,15,17H2,1-2H3. The van der Waals surface area contributed by atoms with Crippen LogP contribution in [-0.4, -0.2) is 10.7 Å². The minimum Gasteiger partial charge on any atom is -0.260 e. The molecule has 0 radical (unpaired) electrons. The number of aromatic nitrogens is 1. The highest BCUT2D eigenvalue weighted by Crippen LogP contribution is 2.15. The number of aryl methyl sites for hydroxylation is 1. The van der Waals surface area contributed by atoms with Gasteiger partial charge in [-0.3, -0.25) is 4.98 Å². The largest absolute Gasteiger partial charge is 0.260 e. The van der Waals surface area contributed by atoms with Gasteiger partial charge in [0.15, 0.2) is 0 Å². The van der Waals surface area contributed by atoms with E-state index in [0.717, 1.165) is 5.75 Å². The van der Waals surface area contributed by atoms with Crippen LogP contribution >= 0.6 is 11.8 Å². The van der Waals surface area contributed by atoms with Crippen molar-refractivity contribution < 1.29 is 0 Å². The Morgan fingerprint density at radius 3 is 2.14 bits per heavy atom. The van der Waals surface area contributed by atoms with Crippen molar-refractivity contribution >= 4 is 11.8 Å². The Labute approximate surface area is 136 Å². The molecule has 0 aliphatic heterocycles. The molecule has 0 fully saturated rings. The molecule has 0 aliphatic carbocycles. The fraction of sp³-hybridized carbons (Fsp3) is 0.737. The number of rotatable bonds is 13. The van der Waals surface area contributed by atoms with E-state index in [-0.39, 0.29) is 0 Å². The zero-order valence-electron chi connectivity index (χ0n) is 14.1. The first-order chi connectivity index (χ1) is 10.3. The third kappa shape index (κ3) is 10.8. The molecule has 0 atom stereocenters. The first-order valence-electron chi connectivity index (χ1n) is 8.82. The molecule has 1 heterocycles. The van der Waals surface area contributed by atoms with Crippen molar-refractivity contribution in [1.29, 1.82) is 0 Å². The molecule has 0 amide bonds. The molecule has 0 saturated heterocycles. The predicted octanol–water partition coefficient (Wildman–Crippen LogP) is 6.54. The summed E-state index contributed by atoms with van der Waals surface area (Å²) in [6.07, 6.45) is 16.1. The van der Waals surface area contributed by atoms with Gasteiger partial charge < -0.3 is 0 Å². The average Bonchev–Trinajstić information content (AvgIpc) is 2.48. The van der Waals surface area contributed by atoms with Crippen LogP contribution in [-0.2, 0) is 5.75 Å². The van der Waals surface area contributed by atoms with E-state index in [1.54, 1.807) is 0 Å². The van der Waals surface area contributed by atoms with Crippen LogP contribution in [0.3, 0.4) is 0 Å². The van der Waals surface area contributed by atoms with Crippen LogP contribution in [0.25, 0.3) is 0 Å². The third-order valence-corrected chi connectivity index (χ3v) is 4.94. The molecule has 1 rings (SSSR count). The molecule has 0 bridgehead atoms. The van der Waals surface area contributed by atoms with Gasteiger partial charge in [-0.1, -0.05) is 64.7 Å². The van der Waals surface area contributed by atoms with E-state index in [0.29, 0.717) is 0 Å². The second-order valence-corrected chi connectivity index (χ2v) is 7.16. The van der Waals surface area contributed by atoms with E-state index in [4.69, 9.17) is 0 Å². The predicted molar refractivity (Wildman–Crippen MR) is 97.0 cm³/mol. The van der Waals surface area contributed by atoms with E-state index in [1.807, 2.05) is 18.0 Å². The van der Waals surface area contributed by atoms with Gasteiger partial charge in [-0.25, -0.2) is 0 Å². The number of hydrogen-bond donors (Lipinski definition) is 0. The molecule has 0 N–H and O–H groups in total. The van der Waals surface area contributed by atoms with Crippen LogP contribution in [0.15, 0.2) is 18.3 Å². The highest BCUT2D eigenvalue weighted by atomic mass is 32.2. The molecular weight excluding hydrogens is 274 g/mol. The first-order valence-corrected chi connectivity index (χ1v) is 9.97. The maximum Gasteiger partial charge on any atom is 0.0505 e. The van der Waals surface area contributed by atoms with Crippen LogP contribution < -0.4 is 0 Å². The highest BCUT2D eigenvalue weighted by molar-refractivity contribution is 7.98. The van der Waals surface area contributed by atoms with Crippen molar-refractivity contribution in [3.8, 4) is 0 Å². The molecule has 1 aromatic heterocycles. The lowest BCUT2D eigenvalue weighted by atomic mass is 10.1. The van der Waals surface area contributed by atoms with Crippen LogP contribution in [0.5, 0.6) is 0 Å². The molecule has 0 aliphatic rings. The van der Waals surface area contributed by atoms with Gasteiger partial charge in [0.2, 0.25) is 0 Å². The number of hydrogen-bond acceptors (Lipinski definition) is 2. The molecule has 0 saturated carbocycles. The van der Waals surface area contributed by atoms with Crippen LogP contribution in [0.4, 0.5) is 0 Å². The zero-order valence-corrected chi connectivity index (χ0v) is 14.9. The van der Waals surface area contributed by atoms with Crippen molar-refractivity contribution in [3.63, 3.8) is 0 Å². The third-order valence-electron chi connectivity index (χ3n) is 3.86. The second-order valence-electron chi connectivity index (χ2n) is 6.06. The zero-order chi connectivity index (χ0) is 15.2. The Balaban J connectivity index is 1.82. The van der Waals surface area contributed by atoms with Gasteiger partial charge in [0.25, 0.3) is 0 Å². The molecule has 1 nitrogen and oxygen atoms in total. The molecule has 0 spiro atoms. The SMILES string of the molecule is CCCCCCCCCCCCSCc1cc(C)ccn1. The summed E-state index contributed by atoms with van der Waals surface area (Å²) in [5, 5.41) is 0. The Kier molecular flexibility index (Phi) is 11.6. The summed E-state index contributed by atoms with van der Waals surface area (Å²) >= 11 is 2.03. The topological polar surface area (TPSA) is 12.9 Å². The lowest BCUT2D eigenvalue weighted by Gasteiger charge is -2.03. The summed E-state index contributed by atoms with van der Waals surface area (Å²) in [4.78, 5) is 4.41. The van der Waals surface area contributed by atoms with E-state index < -0.39 is 0 Å². The summed E-state index contributed by atoms with van der Waals surface area (Å²) in [5.41, 5.74) is 2.55. The Bertz CT molecular complexity index is 351. The summed E-state index contributed by atoms with van der Waals surface area (Å²) in [6.45, 7) is 4.42. The monoisotopic (exact) mass is 307 g/mol. The normalized spacial score (nSPS) is 11.0. The first kappa shape index (κ1) is 18.5. The van der Waals surface area contributed by atoms with E-state index in [9.17, 15) is 0 Å². The summed E-state index contributed by atoms with van der Waals surface area (Å²) < 4.78 is 0. The Morgan fingerprint density at radius 2 is 1.52 bits per heavy atom. The molecule has 120 valence electrons. The summed E-state index contributed by atoms with van der Waals surface area (Å²) in [5.74, 6) is 2.35. The van der Waals surface area contributed by atoms with E-state index in [2.05, 4.69) is 31.0 Å². The molecule has 2 heteroatoms. The molecule has 1 aromatic rings. The van der Waals surface area contributed by atoms with Crippen molar-refractivity contribution in [1.82, 2.24) is 4.98 Å². The lowest BCUT2D eigenvalue weighted by Crippen LogP contribution is -1.89. The van der Waals surface area contributed by atoms with Crippen molar-refractivity contribution in [2.45, 2.75) is 83.8 Å². The fourth-order valence-corrected chi connectivity index (χ4v) is 3.47. The van der Waals surface area contributed by atoms with Gasteiger partial charge in [0.1, 0.15) is 0 Å². The number of nitrogens with zero attached hydrogens (tertiary/aromatic N) is 1. The minimum absolute atomic E-state index is 1.07. The lowest BCUT2D eigenvalue weighted by molar-refractivity contribution is 0.563. The van der Waals surface area contributed by atoms with Crippen molar-refractivity contribution in [3.05, 3.63) is 29.6 Å². The fourth-order valence-electron chi connectivity index (χ4n) is 2.55. The maximum atomic E-state index is 4.41. The van der Waals surface area contributed by atoms with Gasteiger partial charge >= 0.3 is 0 Å². The summed E-state index contributed by atoms with van der Waals surface area (Å²) in [7, 11) is 0. The Morgan fingerprint density at radius 1 is 0.905 bits per heavy atom.